The molecule has 0 bridgehead atoms. The van der Waals surface area contributed by atoms with Crippen molar-refractivity contribution >= 4 is 11.7 Å². The summed E-state index contributed by atoms with van der Waals surface area (Å²) in [7, 11) is 0. The van der Waals surface area contributed by atoms with Gasteiger partial charge in [-0.2, -0.15) is 10.1 Å². The number of hydrogen-bond acceptors (Lipinski definition) is 8. The number of nitrogens with zero attached hydrogens (tertiary/aromatic N) is 7. The van der Waals surface area contributed by atoms with E-state index in [0.29, 0.717) is 54.2 Å². The van der Waals surface area contributed by atoms with Crippen LogP contribution in [-0.2, 0) is 12.0 Å². The maximum Gasteiger partial charge on any atom is 0.257 e. The van der Waals surface area contributed by atoms with Crippen molar-refractivity contribution in [1.29, 1.82) is 0 Å². The molecule has 10 heteroatoms. The molecule has 1 unspecified atom stereocenters. The summed E-state index contributed by atoms with van der Waals surface area (Å²) in [5, 5.41) is 4.57. The second kappa shape index (κ2) is 9.83. The van der Waals surface area contributed by atoms with Crippen molar-refractivity contribution in [1.82, 2.24) is 29.6 Å². The zero-order valence-electron chi connectivity index (χ0n) is 24.2. The van der Waals surface area contributed by atoms with Crippen LogP contribution in [-0.4, -0.2) is 67.8 Å². The average Bonchev–Trinajstić information content (AvgIpc) is 3.27. The van der Waals surface area contributed by atoms with Gasteiger partial charge in [-0.1, -0.05) is 20.8 Å². The molecule has 0 radical (unpaired) electrons. The molecule has 2 N–H and O–H groups in total. The summed E-state index contributed by atoms with van der Waals surface area (Å²) in [5.74, 6) is 2.64. The molecule has 6 rings (SSSR count). The molecule has 2 saturated heterocycles. The lowest BCUT2D eigenvalue weighted by atomic mass is 9.82. The number of nitrogens with two attached hydrogens (primary N) is 1. The minimum atomic E-state index is -0.500. The average molecular weight is 545 g/mol. The summed E-state index contributed by atoms with van der Waals surface area (Å²) in [6.07, 6.45) is 8.07. The number of hydrogen-bond donors (Lipinski definition) is 1. The molecule has 0 spiro atoms. The summed E-state index contributed by atoms with van der Waals surface area (Å²) in [4.78, 5) is 31.2. The molecular formula is C30H40N8O2. The first-order valence-electron chi connectivity index (χ1n) is 14.4. The Morgan fingerprint density at radius 2 is 1.80 bits per heavy atom. The largest absolute Gasteiger partial charge is 0.474 e. The van der Waals surface area contributed by atoms with E-state index in [1.54, 1.807) is 29.3 Å². The molecule has 1 aliphatic carbocycles. The van der Waals surface area contributed by atoms with Gasteiger partial charge in [0.05, 0.1) is 11.3 Å². The number of aromatic nitrogens is 5. The van der Waals surface area contributed by atoms with Gasteiger partial charge in [-0.15, -0.1) is 0 Å². The van der Waals surface area contributed by atoms with Crippen molar-refractivity contribution in [3.05, 3.63) is 53.6 Å². The first-order chi connectivity index (χ1) is 19.0. The van der Waals surface area contributed by atoms with Crippen molar-refractivity contribution in [2.45, 2.75) is 65.5 Å². The smallest absolute Gasteiger partial charge is 0.257 e. The zero-order valence-corrected chi connectivity index (χ0v) is 24.2. The minimum absolute atomic E-state index is 0.00490. The molecule has 3 aromatic heterocycles. The van der Waals surface area contributed by atoms with Crippen molar-refractivity contribution in [3.8, 4) is 11.8 Å². The van der Waals surface area contributed by atoms with Gasteiger partial charge in [-0.05, 0) is 56.2 Å². The van der Waals surface area contributed by atoms with E-state index >= 15 is 0 Å². The highest BCUT2D eigenvalue weighted by Gasteiger charge is 2.59. The Hall–Kier alpha value is -3.53. The molecule has 1 saturated carbocycles. The van der Waals surface area contributed by atoms with Crippen LogP contribution in [0.1, 0.15) is 69.1 Å². The number of carbonyl (C=O) groups is 1. The maximum absolute atomic E-state index is 13.5. The third-order valence-corrected chi connectivity index (χ3v) is 8.75. The van der Waals surface area contributed by atoms with Gasteiger partial charge >= 0.3 is 0 Å². The minimum Gasteiger partial charge on any atom is -0.474 e. The summed E-state index contributed by atoms with van der Waals surface area (Å²) >= 11 is 0. The lowest BCUT2D eigenvalue weighted by Crippen LogP contribution is -2.38. The number of rotatable bonds is 7. The van der Waals surface area contributed by atoms with Crippen LogP contribution in [0.2, 0.25) is 0 Å². The molecule has 40 heavy (non-hydrogen) atoms. The van der Waals surface area contributed by atoms with Crippen molar-refractivity contribution in [3.63, 3.8) is 0 Å². The second-order valence-electron chi connectivity index (χ2n) is 12.9. The van der Waals surface area contributed by atoms with E-state index in [0.717, 1.165) is 43.0 Å². The van der Waals surface area contributed by atoms with Crippen LogP contribution in [0.15, 0.2) is 36.8 Å². The molecule has 0 aromatic carbocycles. The van der Waals surface area contributed by atoms with Gasteiger partial charge in [0.25, 0.3) is 5.91 Å². The third-order valence-electron chi connectivity index (χ3n) is 8.75. The number of ether oxygens (including phenoxy) is 1. The van der Waals surface area contributed by atoms with Gasteiger partial charge in [0, 0.05) is 68.2 Å². The number of anilines is 1. The Morgan fingerprint density at radius 3 is 2.42 bits per heavy atom. The van der Waals surface area contributed by atoms with Gasteiger partial charge in [0.15, 0.2) is 0 Å². The molecule has 3 aliphatic rings. The van der Waals surface area contributed by atoms with Crippen LogP contribution >= 0.6 is 0 Å². The molecule has 5 heterocycles. The van der Waals surface area contributed by atoms with Gasteiger partial charge in [0.2, 0.25) is 11.8 Å². The first-order valence-corrected chi connectivity index (χ1v) is 14.4. The number of fused-ring (bicyclic) bond motifs is 1. The van der Waals surface area contributed by atoms with E-state index in [9.17, 15) is 4.79 Å². The number of amides is 1. The molecule has 3 atom stereocenters. The molecule has 10 nitrogen and oxygen atoms in total. The Morgan fingerprint density at radius 1 is 1.12 bits per heavy atom. The molecule has 2 aliphatic heterocycles. The third kappa shape index (κ3) is 5.16. The predicted octanol–water partition coefficient (Wildman–Crippen LogP) is 3.59. The van der Waals surface area contributed by atoms with E-state index in [1.807, 2.05) is 31.7 Å². The molecule has 3 fully saturated rings. The van der Waals surface area contributed by atoms with Crippen molar-refractivity contribution in [2.75, 3.05) is 31.1 Å². The summed E-state index contributed by atoms with van der Waals surface area (Å²) in [6.45, 7) is 14.0. The van der Waals surface area contributed by atoms with Gasteiger partial charge < -0.3 is 20.3 Å². The van der Waals surface area contributed by atoms with Crippen molar-refractivity contribution in [2.24, 2.45) is 23.0 Å². The molecular weight excluding hydrogens is 504 g/mol. The normalized spacial score (nSPS) is 23.7. The topological polar surface area (TPSA) is 115 Å². The van der Waals surface area contributed by atoms with Gasteiger partial charge in [-0.3, -0.25) is 4.79 Å². The van der Waals surface area contributed by atoms with E-state index in [4.69, 9.17) is 15.5 Å². The Kier molecular flexibility index (Phi) is 6.56. The highest BCUT2D eigenvalue weighted by atomic mass is 16.5. The van der Waals surface area contributed by atoms with Crippen LogP contribution in [0.3, 0.4) is 0 Å². The Balaban J connectivity index is 1.14. The van der Waals surface area contributed by atoms with Gasteiger partial charge in [0.1, 0.15) is 11.9 Å². The summed E-state index contributed by atoms with van der Waals surface area (Å²) < 4.78 is 8.07. The van der Waals surface area contributed by atoms with Gasteiger partial charge in [-0.25, -0.2) is 14.6 Å². The SMILES string of the molecule is CCc1nn(-c2ncccn2)cc1C(=O)N1C[C@@H]2C(Oc3cc(C(C)(C)N)cc(N4CCC(C)(C)CC4)n3)[C@@H]2C1. The van der Waals surface area contributed by atoms with Crippen molar-refractivity contribution < 1.29 is 9.53 Å². The number of likely N-dealkylation sites (tertiary alicyclic amines) is 1. The van der Waals surface area contributed by atoms with E-state index < -0.39 is 5.54 Å². The van der Waals surface area contributed by atoms with Crippen LogP contribution in [0.5, 0.6) is 5.88 Å². The zero-order chi connectivity index (χ0) is 28.2. The first kappa shape index (κ1) is 26.7. The number of pyridine rings is 1. The van der Waals surface area contributed by atoms with E-state index in [2.05, 4.69) is 39.9 Å². The number of piperidine rings is 2. The highest BCUT2D eigenvalue weighted by Crippen LogP contribution is 2.48. The monoisotopic (exact) mass is 544 g/mol. The van der Waals surface area contributed by atoms with Crippen LogP contribution in [0.4, 0.5) is 5.82 Å². The standard InChI is InChI=1S/C30H40N8O2/c1-6-23-22(18-38(35-23)28-32-10-7-11-33-28)27(39)37-16-20-21(17-37)26(20)40-25-15-19(30(4,5)31)14-24(34-25)36-12-8-29(2,3)9-13-36/h7,10-11,14-15,18,20-21,26H,6,8-9,12-13,16-17,31H2,1-5H3/t20-,21+,26?. The highest BCUT2D eigenvalue weighted by molar-refractivity contribution is 5.95. The fourth-order valence-corrected chi connectivity index (χ4v) is 5.91. The Bertz CT molecular complexity index is 1370. The van der Waals surface area contributed by atoms with Crippen LogP contribution < -0.4 is 15.4 Å². The summed E-state index contributed by atoms with van der Waals surface area (Å²) in [6, 6.07) is 5.86. The van der Waals surface area contributed by atoms with E-state index in [1.165, 1.54) is 0 Å². The maximum atomic E-state index is 13.5. The lowest BCUT2D eigenvalue weighted by Gasteiger charge is -2.38. The molecule has 1 amide bonds. The molecule has 3 aromatic rings. The Labute approximate surface area is 235 Å². The van der Waals surface area contributed by atoms with E-state index in [-0.39, 0.29) is 12.0 Å². The number of carbonyl (C=O) groups excluding carboxylic acids is 1. The number of aryl methyl sites for hydroxylation is 1. The molecule has 212 valence electrons. The second-order valence-corrected chi connectivity index (χ2v) is 12.9. The summed E-state index contributed by atoms with van der Waals surface area (Å²) in [5.41, 5.74) is 8.76. The fourth-order valence-electron chi connectivity index (χ4n) is 5.91. The fraction of sp³-hybridized carbons (Fsp3) is 0.567. The quantitative estimate of drug-likeness (QED) is 0.480. The lowest BCUT2D eigenvalue weighted by molar-refractivity contribution is 0.0750. The van der Waals surface area contributed by atoms with Crippen LogP contribution in [0.25, 0.3) is 5.95 Å². The predicted molar refractivity (Wildman–Crippen MR) is 153 cm³/mol. The van der Waals surface area contributed by atoms with Crippen LogP contribution in [0, 0.1) is 17.3 Å².